The van der Waals surface area contributed by atoms with Crippen LogP contribution in [0.2, 0.25) is 0 Å². The maximum absolute atomic E-state index is 12.9. The molecular formula is C30H46O4. The summed E-state index contributed by atoms with van der Waals surface area (Å²) >= 11 is 0. The molecule has 6 aliphatic rings. The van der Waals surface area contributed by atoms with Crippen LogP contribution in [0.25, 0.3) is 0 Å². The van der Waals surface area contributed by atoms with E-state index in [9.17, 15) is 9.90 Å². The van der Waals surface area contributed by atoms with Crippen molar-refractivity contribution in [2.45, 2.75) is 130 Å². The molecule has 34 heavy (non-hydrogen) atoms. The smallest absolute Gasteiger partial charge is 0.138 e. The van der Waals surface area contributed by atoms with Crippen LogP contribution < -0.4 is 0 Å². The topological polar surface area (TPSA) is 59.1 Å². The van der Waals surface area contributed by atoms with Crippen LogP contribution in [-0.2, 0) is 14.3 Å². The lowest BCUT2D eigenvalue weighted by molar-refractivity contribution is -0.210. The molecule has 0 radical (unpaired) electrons. The number of fused-ring (bicyclic) bond motifs is 6. The Morgan fingerprint density at radius 1 is 1.03 bits per heavy atom. The van der Waals surface area contributed by atoms with E-state index in [0.717, 1.165) is 38.5 Å². The number of epoxide rings is 1. The highest BCUT2D eigenvalue weighted by molar-refractivity contribution is 5.85. The van der Waals surface area contributed by atoms with Crippen LogP contribution in [0.4, 0.5) is 0 Å². The van der Waals surface area contributed by atoms with Gasteiger partial charge in [-0.05, 0) is 91.9 Å². The molecule has 6 rings (SSSR count). The number of ether oxygens (including phenoxy) is 2. The number of carbonyl (C=O) groups is 1. The number of hydrogen-bond donors (Lipinski definition) is 1. The van der Waals surface area contributed by atoms with Gasteiger partial charge in [0.05, 0.1) is 23.9 Å². The molecule has 0 aromatic heterocycles. The minimum atomic E-state index is -0.341. The molecule has 5 fully saturated rings. The lowest BCUT2D eigenvalue weighted by atomic mass is 9.36. The van der Waals surface area contributed by atoms with E-state index in [1.165, 1.54) is 11.1 Å². The molecule has 2 saturated heterocycles. The molecule has 4 heteroatoms. The highest BCUT2D eigenvalue weighted by Crippen LogP contribution is 2.74. The number of aliphatic hydroxyl groups excluding tert-OH is 1. The van der Waals surface area contributed by atoms with Crippen molar-refractivity contribution in [3.8, 4) is 0 Å². The van der Waals surface area contributed by atoms with Gasteiger partial charge in [-0.15, -0.1) is 0 Å². The van der Waals surface area contributed by atoms with E-state index >= 15 is 0 Å². The molecule has 2 heterocycles. The van der Waals surface area contributed by atoms with Crippen LogP contribution in [0, 0.1) is 39.4 Å². The first-order valence-electron chi connectivity index (χ1n) is 13.9. The molecule has 1 N–H and O–H groups in total. The zero-order valence-electron chi connectivity index (χ0n) is 22.7. The van der Waals surface area contributed by atoms with Gasteiger partial charge in [0, 0.05) is 11.8 Å². The Morgan fingerprint density at radius 2 is 1.71 bits per heavy atom. The summed E-state index contributed by atoms with van der Waals surface area (Å²) in [5.74, 6) is 1.47. The minimum absolute atomic E-state index is 0.00230. The first kappa shape index (κ1) is 23.7. The van der Waals surface area contributed by atoms with Gasteiger partial charge in [-0.25, -0.2) is 0 Å². The minimum Gasteiger partial charge on any atom is -0.392 e. The molecular weight excluding hydrogens is 424 g/mol. The van der Waals surface area contributed by atoms with Gasteiger partial charge in [-0.2, -0.15) is 0 Å². The summed E-state index contributed by atoms with van der Waals surface area (Å²) in [6, 6.07) is 0. The van der Waals surface area contributed by atoms with Gasteiger partial charge in [-0.1, -0.05) is 47.1 Å². The van der Waals surface area contributed by atoms with Crippen LogP contribution in [0.1, 0.15) is 100 Å². The number of rotatable bonds is 1. The normalized spacial score (nSPS) is 55.2. The molecule has 0 amide bonds. The summed E-state index contributed by atoms with van der Waals surface area (Å²) in [5.41, 5.74) is 2.72. The van der Waals surface area contributed by atoms with Crippen molar-refractivity contribution in [1.29, 1.82) is 0 Å². The summed E-state index contributed by atoms with van der Waals surface area (Å²) in [5, 5.41) is 11.9. The lowest BCUT2D eigenvalue weighted by Gasteiger charge is -2.68. The summed E-state index contributed by atoms with van der Waals surface area (Å²) < 4.78 is 12.8. The predicted octanol–water partition coefficient (Wildman–Crippen LogP) is 5.86. The van der Waals surface area contributed by atoms with E-state index in [4.69, 9.17) is 9.47 Å². The second-order valence-corrected chi connectivity index (χ2v) is 14.8. The van der Waals surface area contributed by atoms with Crippen LogP contribution >= 0.6 is 0 Å². The van der Waals surface area contributed by atoms with E-state index in [0.29, 0.717) is 24.0 Å². The Balaban J connectivity index is 1.38. The van der Waals surface area contributed by atoms with E-state index in [2.05, 4.69) is 55.4 Å². The van der Waals surface area contributed by atoms with E-state index in [1.807, 2.05) is 0 Å². The van der Waals surface area contributed by atoms with Crippen molar-refractivity contribution < 1.29 is 19.4 Å². The van der Waals surface area contributed by atoms with Gasteiger partial charge in [0.15, 0.2) is 0 Å². The quantitative estimate of drug-likeness (QED) is 0.385. The monoisotopic (exact) mass is 470 g/mol. The Morgan fingerprint density at radius 3 is 2.35 bits per heavy atom. The summed E-state index contributed by atoms with van der Waals surface area (Å²) in [4.78, 5) is 12.9. The summed E-state index contributed by atoms with van der Waals surface area (Å²) in [6.07, 6.45) is 6.79. The standard InChI is InChI=1S/C30H46O4/c1-16-13-19(25-27(4,5)34-25)33-20-15-30(8)17(23(16)20)14-18(31)24-28(6)11-10-22(32)26(2,3)21(28)9-12-29(24,30)7/h16,18-21,24-25,31H,9-15H2,1-8H3/t16?,18?,19-,20-,21-,24-,25?,28-,29-,30-/m0/s1. The van der Waals surface area contributed by atoms with Gasteiger partial charge in [0.2, 0.25) is 0 Å². The van der Waals surface area contributed by atoms with Crippen LogP contribution in [-0.4, -0.2) is 40.9 Å². The van der Waals surface area contributed by atoms with Crippen molar-refractivity contribution in [1.82, 2.24) is 0 Å². The van der Waals surface area contributed by atoms with Crippen LogP contribution in [0.3, 0.4) is 0 Å². The number of Topliss-reactive ketones (excluding diaryl/α,β-unsaturated/α-hetero) is 1. The fourth-order valence-corrected chi connectivity index (χ4v) is 10.6. The van der Waals surface area contributed by atoms with Crippen molar-refractivity contribution >= 4 is 5.78 Å². The number of aliphatic hydroxyl groups is 1. The molecule has 10 atom stereocenters. The first-order valence-corrected chi connectivity index (χ1v) is 13.9. The summed E-state index contributed by atoms with van der Waals surface area (Å²) in [7, 11) is 0. The molecule has 4 nitrogen and oxygen atoms in total. The maximum atomic E-state index is 12.9. The predicted molar refractivity (Wildman–Crippen MR) is 132 cm³/mol. The molecule has 0 spiro atoms. The van der Waals surface area contributed by atoms with Crippen molar-refractivity contribution in [2.24, 2.45) is 39.4 Å². The van der Waals surface area contributed by atoms with Gasteiger partial charge >= 0.3 is 0 Å². The van der Waals surface area contributed by atoms with Crippen molar-refractivity contribution in [3.63, 3.8) is 0 Å². The SMILES string of the molecule is CC1C[C@@H](C2OC2(C)C)O[C@H]2C[C@@]3(C)C(=C12)CC(O)[C@H]1[C@@]2(C)CCC(=O)C(C)(C)[C@@H]2CC[C@@]13C. The van der Waals surface area contributed by atoms with Gasteiger partial charge < -0.3 is 14.6 Å². The number of ketones is 1. The number of carbonyl (C=O) groups excluding carboxylic acids is 1. The Kier molecular flexibility index (Phi) is 4.72. The molecule has 0 aromatic rings. The fraction of sp³-hybridized carbons (Fsp3) is 0.900. The van der Waals surface area contributed by atoms with Gasteiger partial charge in [-0.3, -0.25) is 4.79 Å². The zero-order valence-corrected chi connectivity index (χ0v) is 22.7. The van der Waals surface area contributed by atoms with Crippen molar-refractivity contribution in [2.75, 3.05) is 0 Å². The van der Waals surface area contributed by atoms with Gasteiger partial charge in [0.25, 0.3) is 0 Å². The average Bonchev–Trinajstić information content (AvgIpc) is 3.25. The molecule has 0 bridgehead atoms. The molecule has 3 unspecified atom stereocenters. The van der Waals surface area contributed by atoms with Crippen molar-refractivity contribution in [3.05, 3.63) is 11.1 Å². The molecule has 3 saturated carbocycles. The second kappa shape index (κ2) is 6.78. The third-order valence-corrected chi connectivity index (χ3v) is 12.5. The maximum Gasteiger partial charge on any atom is 0.138 e. The third kappa shape index (κ3) is 2.74. The van der Waals surface area contributed by atoms with Crippen LogP contribution in [0.5, 0.6) is 0 Å². The highest BCUT2D eigenvalue weighted by Gasteiger charge is 2.70. The Hall–Kier alpha value is -0.710. The lowest BCUT2D eigenvalue weighted by Crippen LogP contribution is -2.65. The Labute approximate surface area is 206 Å². The molecule has 190 valence electrons. The fourth-order valence-electron chi connectivity index (χ4n) is 10.6. The highest BCUT2D eigenvalue weighted by atomic mass is 16.6. The largest absolute Gasteiger partial charge is 0.392 e. The van der Waals surface area contributed by atoms with Crippen LogP contribution in [0.15, 0.2) is 11.1 Å². The average molecular weight is 471 g/mol. The first-order chi connectivity index (χ1) is 15.7. The number of hydrogen-bond acceptors (Lipinski definition) is 4. The van der Waals surface area contributed by atoms with E-state index in [-0.39, 0.29) is 57.6 Å². The molecule has 2 aliphatic heterocycles. The summed E-state index contributed by atoms with van der Waals surface area (Å²) in [6.45, 7) is 18.5. The van der Waals surface area contributed by atoms with E-state index < -0.39 is 0 Å². The molecule has 0 aromatic carbocycles. The molecule has 4 aliphatic carbocycles. The Bertz CT molecular complexity index is 963. The second-order valence-electron chi connectivity index (χ2n) is 14.8. The third-order valence-electron chi connectivity index (χ3n) is 12.5. The zero-order chi connectivity index (χ0) is 24.6. The van der Waals surface area contributed by atoms with E-state index in [1.54, 1.807) is 0 Å². The van der Waals surface area contributed by atoms with Gasteiger partial charge in [0.1, 0.15) is 11.9 Å².